The largest absolute Gasteiger partial charge is 0.376 e. The van der Waals surface area contributed by atoms with Crippen LogP contribution in [0.1, 0.15) is 0 Å². The van der Waals surface area contributed by atoms with Crippen molar-refractivity contribution in [2.24, 2.45) is 5.14 Å². The van der Waals surface area contributed by atoms with Gasteiger partial charge in [-0.05, 0) is 18.2 Å². The van der Waals surface area contributed by atoms with Gasteiger partial charge in [-0.1, -0.05) is 0 Å². The highest BCUT2D eigenvalue weighted by Crippen LogP contribution is 2.27. The van der Waals surface area contributed by atoms with Gasteiger partial charge in [-0.2, -0.15) is 10.5 Å². The van der Waals surface area contributed by atoms with Gasteiger partial charge in [0.05, 0.1) is 16.3 Å². The fraction of sp³-hybridized carbons (Fsp3) is 0.167. The van der Waals surface area contributed by atoms with Crippen molar-refractivity contribution in [3.8, 4) is 12.1 Å². The monoisotopic (exact) mass is 291 g/mol. The van der Waals surface area contributed by atoms with Gasteiger partial charge in [-0.3, -0.25) is 0 Å². The minimum absolute atomic E-state index is 0.0607. The SMILES string of the molecule is CN(C)c1ccc(S(N)(=O)=O)cc1NC=C(C#N)C#N. The second-order valence-corrected chi connectivity index (χ2v) is 5.61. The fourth-order valence-corrected chi connectivity index (χ4v) is 1.98. The standard InChI is InChI=1S/C12H13N5O2S/c1-17(2)12-4-3-10(20(15,18)19)5-11(12)16-8-9(6-13)7-14/h3-5,8,16H,1-2H3,(H2,15,18,19). The van der Waals surface area contributed by atoms with Crippen molar-refractivity contribution in [3.63, 3.8) is 0 Å². The maximum Gasteiger partial charge on any atom is 0.238 e. The van der Waals surface area contributed by atoms with E-state index in [2.05, 4.69) is 5.32 Å². The number of nitrogens with two attached hydrogens (primary N) is 1. The molecule has 3 N–H and O–H groups in total. The summed E-state index contributed by atoms with van der Waals surface area (Å²) in [6.45, 7) is 0. The molecule has 1 aromatic rings. The molecule has 0 saturated carbocycles. The topological polar surface area (TPSA) is 123 Å². The van der Waals surface area contributed by atoms with Crippen molar-refractivity contribution < 1.29 is 8.42 Å². The molecule has 0 aliphatic carbocycles. The molecule has 0 aromatic heterocycles. The Labute approximate surface area is 117 Å². The Morgan fingerprint density at radius 1 is 1.35 bits per heavy atom. The molecule has 0 saturated heterocycles. The molecule has 1 rings (SSSR count). The summed E-state index contributed by atoms with van der Waals surface area (Å²) in [5.41, 5.74) is 0.976. The number of nitriles is 2. The van der Waals surface area contributed by atoms with Gasteiger partial charge in [0.15, 0.2) is 0 Å². The smallest absolute Gasteiger partial charge is 0.238 e. The van der Waals surface area contributed by atoms with Crippen LogP contribution in [0.2, 0.25) is 0 Å². The van der Waals surface area contributed by atoms with Gasteiger partial charge in [-0.25, -0.2) is 13.6 Å². The molecule has 20 heavy (non-hydrogen) atoms. The van der Waals surface area contributed by atoms with E-state index < -0.39 is 10.0 Å². The number of hydrogen-bond acceptors (Lipinski definition) is 6. The molecule has 0 aliphatic rings. The zero-order valence-corrected chi connectivity index (χ0v) is 11.8. The zero-order chi connectivity index (χ0) is 15.3. The number of anilines is 2. The quantitative estimate of drug-likeness (QED) is 0.789. The van der Waals surface area contributed by atoms with Crippen molar-refractivity contribution in [1.29, 1.82) is 10.5 Å². The number of benzene rings is 1. The van der Waals surface area contributed by atoms with Crippen molar-refractivity contribution in [3.05, 3.63) is 30.0 Å². The van der Waals surface area contributed by atoms with Crippen LogP contribution in [0.5, 0.6) is 0 Å². The second kappa shape index (κ2) is 6.06. The average Bonchev–Trinajstić information content (AvgIpc) is 2.38. The molecule has 1 aromatic carbocycles. The first-order valence-electron chi connectivity index (χ1n) is 5.40. The highest BCUT2D eigenvalue weighted by molar-refractivity contribution is 7.89. The number of nitrogens with one attached hydrogen (secondary N) is 1. The summed E-state index contributed by atoms with van der Waals surface area (Å²) in [4.78, 5) is 1.69. The van der Waals surface area contributed by atoms with E-state index in [-0.39, 0.29) is 10.5 Å². The first kappa shape index (κ1) is 15.5. The lowest BCUT2D eigenvalue weighted by atomic mass is 10.2. The van der Waals surface area contributed by atoms with Crippen LogP contribution in [-0.2, 0) is 10.0 Å². The van der Waals surface area contributed by atoms with Crippen LogP contribution >= 0.6 is 0 Å². The van der Waals surface area contributed by atoms with E-state index >= 15 is 0 Å². The van der Waals surface area contributed by atoms with Gasteiger partial charge in [-0.15, -0.1) is 0 Å². The minimum atomic E-state index is -3.83. The number of nitrogens with zero attached hydrogens (tertiary/aromatic N) is 3. The number of primary sulfonamides is 1. The fourth-order valence-electron chi connectivity index (χ4n) is 1.44. The molecular weight excluding hydrogens is 278 g/mol. The van der Waals surface area contributed by atoms with Gasteiger partial charge in [0.2, 0.25) is 10.0 Å². The zero-order valence-electron chi connectivity index (χ0n) is 11.0. The molecule has 0 heterocycles. The third kappa shape index (κ3) is 3.72. The van der Waals surface area contributed by atoms with Crippen LogP contribution < -0.4 is 15.4 Å². The number of hydrogen-bond donors (Lipinski definition) is 2. The van der Waals surface area contributed by atoms with E-state index in [4.69, 9.17) is 15.7 Å². The van der Waals surface area contributed by atoms with E-state index in [0.29, 0.717) is 11.4 Å². The van der Waals surface area contributed by atoms with E-state index in [1.165, 1.54) is 18.3 Å². The van der Waals surface area contributed by atoms with Gasteiger partial charge >= 0.3 is 0 Å². The van der Waals surface area contributed by atoms with Crippen LogP contribution in [0, 0.1) is 22.7 Å². The molecule has 0 spiro atoms. The molecule has 0 bridgehead atoms. The van der Waals surface area contributed by atoms with E-state index in [9.17, 15) is 8.42 Å². The van der Waals surface area contributed by atoms with Crippen molar-refractivity contribution in [2.45, 2.75) is 4.90 Å². The van der Waals surface area contributed by atoms with Gasteiger partial charge in [0.25, 0.3) is 0 Å². The summed E-state index contributed by atoms with van der Waals surface area (Å²) < 4.78 is 22.7. The highest BCUT2D eigenvalue weighted by Gasteiger charge is 2.12. The van der Waals surface area contributed by atoms with E-state index in [1.807, 2.05) is 0 Å². The van der Waals surface area contributed by atoms with Gasteiger partial charge in [0, 0.05) is 20.3 Å². The summed E-state index contributed by atoms with van der Waals surface area (Å²) in [6, 6.07) is 7.70. The maximum absolute atomic E-state index is 11.3. The molecule has 0 unspecified atom stereocenters. The Kier molecular flexibility index (Phi) is 4.70. The van der Waals surface area contributed by atoms with Gasteiger partial charge < -0.3 is 10.2 Å². The third-order valence-electron chi connectivity index (χ3n) is 2.39. The normalized spacial score (nSPS) is 10.1. The minimum Gasteiger partial charge on any atom is -0.376 e. The summed E-state index contributed by atoms with van der Waals surface area (Å²) in [5, 5.41) is 25.1. The molecule has 0 aliphatic heterocycles. The number of allylic oxidation sites excluding steroid dienone is 1. The van der Waals surface area contributed by atoms with E-state index in [1.54, 1.807) is 37.2 Å². The molecule has 0 radical (unpaired) electrons. The predicted molar refractivity (Wildman–Crippen MR) is 75.1 cm³/mol. The second-order valence-electron chi connectivity index (χ2n) is 4.04. The van der Waals surface area contributed by atoms with Crippen molar-refractivity contribution in [2.75, 3.05) is 24.3 Å². The summed E-state index contributed by atoms with van der Waals surface area (Å²) in [6.07, 6.45) is 1.20. The lowest BCUT2D eigenvalue weighted by molar-refractivity contribution is 0.598. The molecular formula is C12H13N5O2S. The Morgan fingerprint density at radius 2 is 1.95 bits per heavy atom. The van der Waals surface area contributed by atoms with Crippen LogP contribution in [0.4, 0.5) is 11.4 Å². The molecule has 0 fully saturated rings. The van der Waals surface area contributed by atoms with Crippen LogP contribution in [0.15, 0.2) is 34.9 Å². The van der Waals surface area contributed by atoms with Crippen molar-refractivity contribution in [1.82, 2.24) is 0 Å². The maximum atomic E-state index is 11.3. The Balaban J connectivity index is 3.32. The Bertz CT molecular complexity index is 707. The Hall–Kier alpha value is -2.55. The van der Waals surface area contributed by atoms with Gasteiger partial charge in [0.1, 0.15) is 17.7 Å². The van der Waals surface area contributed by atoms with Crippen LogP contribution in [0.3, 0.4) is 0 Å². The molecule has 0 atom stereocenters. The molecule has 8 heteroatoms. The third-order valence-corrected chi connectivity index (χ3v) is 3.30. The Morgan fingerprint density at radius 3 is 2.40 bits per heavy atom. The number of sulfonamides is 1. The average molecular weight is 291 g/mol. The highest BCUT2D eigenvalue weighted by atomic mass is 32.2. The first-order chi connectivity index (χ1) is 9.29. The van der Waals surface area contributed by atoms with Crippen LogP contribution in [-0.4, -0.2) is 22.5 Å². The van der Waals surface area contributed by atoms with E-state index in [0.717, 1.165) is 0 Å². The predicted octanol–water partition coefficient (Wildman–Crippen LogP) is 0.743. The molecule has 0 amide bonds. The number of rotatable bonds is 4. The summed E-state index contributed by atoms with van der Waals surface area (Å²) in [7, 11) is -0.278. The summed E-state index contributed by atoms with van der Waals surface area (Å²) in [5.74, 6) is 0. The molecule has 7 nitrogen and oxygen atoms in total. The molecule has 104 valence electrons. The van der Waals surface area contributed by atoms with Crippen molar-refractivity contribution >= 4 is 21.4 Å². The van der Waals surface area contributed by atoms with Crippen LogP contribution in [0.25, 0.3) is 0 Å². The lowest BCUT2D eigenvalue weighted by Crippen LogP contribution is -2.15. The lowest BCUT2D eigenvalue weighted by Gasteiger charge is -2.18. The first-order valence-corrected chi connectivity index (χ1v) is 6.95. The summed E-state index contributed by atoms with van der Waals surface area (Å²) >= 11 is 0.